The van der Waals surface area contributed by atoms with E-state index < -0.39 is 0 Å². The molecule has 0 spiro atoms. The van der Waals surface area contributed by atoms with Crippen molar-refractivity contribution in [2.75, 3.05) is 25.4 Å². The largest absolute Gasteiger partial charge is 0.382 e. The minimum absolute atomic E-state index is 0.547. The molecule has 5 nitrogen and oxygen atoms in total. The van der Waals surface area contributed by atoms with Crippen molar-refractivity contribution in [3.63, 3.8) is 0 Å². The van der Waals surface area contributed by atoms with E-state index in [9.17, 15) is 0 Å². The van der Waals surface area contributed by atoms with E-state index in [0.29, 0.717) is 6.04 Å². The Morgan fingerprint density at radius 2 is 2.00 bits per heavy atom. The van der Waals surface area contributed by atoms with Crippen LogP contribution in [0.4, 0.5) is 5.82 Å². The van der Waals surface area contributed by atoms with Gasteiger partial charge >= 0.3 is 0 Å². The topological polar surface area (TPSA) is 67.9 Å². The van der Waals surface area contributed by atoms with Crippen molar-refractivity contribution >= 4 is 5.82 Å². The smallest absolute Gasteiger partial charge is 0.150 e. The van der Waals surface area contributed by atoms with Crippen LogP contribution in [-0.4, -0.2) is 29.4 Å². The Labute approximate surface area is 95.4 Å². The Bertz CT molecular complexity index is 378. The van der Waals surface area contributed by atoms with Gasteiger partial charge in [-0.1, -0.05) is 0 Å². The monoisotopic (exact) mass is 221 g/mol. The Balaban J connectivity index is 1.93. The van der Waals surface area contributed by atoms with E-state index in [2.05, 4.69) is 20.4 Å². The van der Waals surface area contributed by atoms with Gasteiger partial charge in [0.2, 0.25) is 0 Å². The lowest BCUT2D eigenvalue weighted by molar-refractivity contribution is 0.333. The molecule has 0 amide bonds. The van der Waals surface area contributed by atoms with Crippen molar-refractivity contribution in [3.05, 3.63) is 11.3 Å². The number of nitrogen functional groups attached to an aromatic ring is 1. The summed E-state index contributed by atoms with van der Waals surface area (Å²) in [5, 5.41) is 11.3. The first-order valence-corrected chi connectivity index (χ1v) is 6.13. The number of hydrogen-bond donors (Lipinski definition) is 3. The van der Waals surface area contributed by atoms with Gasteiger partial charge in [-0.25, -0.2) is 0 Å². The van der Waals surface area contributed by atoms with E-state index in [-0.39, 0.29) is 0 Å². The zero-order chi connectivity index (χ0) is 11.0. The number of fused-ring (bicyclic) bond motifs is 1. The molecule has 1 aromatic heterocycles. The summed E-state index contributed by atoms with van der Waals surface area (Å²) in [5.74, 6) is 0.723. The molecule has 2 aliphatic rings. The van der Waals surface area contributed by atoms with Crippen LogP contribution in [0.3, 0.4) is 0 Å². The van der Waals surface area contributed by atoms with Gasteiger partial charge in [-0.15, -0.1) is 0 Å². The van der Waals surface area contributed by atoms with Crippen molar-refractivity contribution in [1.29, 1.82) is 0 Å². The summed E-state index contributed by atoms with van der Waals surface area (Å²) in [5.41, 5.74) is 8.57. The SMILES string of the molecule is Nc1nn(C2CCNCC2)c2c1CNCC2. The predicted octanol–water partition coefficient (Wildman–Crippen LogP) is 0.0355. The lowest BCUT2D eigenvalue weighted by atomic mass is 10.0. The first-order valence-electron chi connectivity index (χ1n) is 6.13. The summed E-state index contributed by atoms with van der Waals surface area (Å²) in [6, 6.07) is 0.547. The molecule has 3 rings (SSSR count). The average Bonchev–Trinajstić information content (AvgIpc) is 2.69. The fraction of sp³-hybridized carbons (Fsp3) is 0.727. The van der Waals surface area contributed by atoms with E-state index in [0.717, 1.165) is 38.4 Å². The van der Waals surface area contributed by atoms with Crippen molar-refractivity contribution < 1.29 is 0 Å². The van der Waals surface area contributed by atoms with Crippen LogP contribution in [0.5, 0.6) is 0 Å². The van der Waals surface area contributed by atoms with Crippen LogP contribution in [0.25, 0.3) is 0 Å². The third kappa shape index (κ3) is 1.60. The van der Waals surface area contributed by atoms with Crippen LogP contribution in [-0.2, 0) is 13.0 Å². The summed E-state index contributed by atoms with van der Waals surface area (Å²) in [4.78, 5) is 0. The van der Waals surface area contributed by atoms with E-state index in [1.807, 2.05) is 0 Å². The number of rotatable bonds is 1. The molecule has 0 aliphatic carbocycles. The van der Waals surface area contributed by atoms with E-state index in [1.54, 1.807) is 0 Å². The molecule has 1 fully saturated rings. The third-order valence-corrected chi connectivity index (χ3v) is 3.64. The van der Waals surface area contributed by atoms with E-state index in [1.165, 1.54) is 24.1 Å². The maximum absolute atomic E-state index is 5.98. The minimum atomic E-state index is 0.547. The van der Waals surface area contributed by atoms with Gasteiger partial charge in [-0.2, -0.15) is 5.10 Å². The molecule has 4 N–H and O–H groups in total. The lowest BCUT2D eigenvalue weighted by Gasteiger charge is -2.26. The third-order valence-electron chi connectivity index (χ3n) is 3.64. The number of aromatic nitrogens is 2. The second-order valence-corrected chi connectivity index (χ2v) is 4.66. The van der Waals surface area contributed by atoms with Gasteiger partial charge in [0.1, 0.15) is 5.82 Å². The molecule has 1 aromatic rings. The molecule has 0 bridgehead atoms. The van der Waals surface area contributed by atoms with Crippen LogP contribution in [0.15, 0.2) is 0 Å². The average molecular weight is 221 g/mol. The second kappa shape index (κ2) is 4.07. The fourth-order valence-electron chi connectivity index (χ4n) is 2.75. The zero-order valence-electron chi connectivity index (χ0n) is 9.50. The Kier molecular flexibility index (Phi) is 2.57. The standard InChI is InChI=1S/C11H19N5/c12-11-9-7-14-6-3-10(9)16(15-11)8-1-4-13-5-2-8/h8,13-14H,1-7H2,(H2,12,15). The van der Waals surface area contributed by atoms with E-state index >= 15 is 0 Å². The molecular formula is C11H19N5. The van der Waals surface area contributed by atoms with Gasteiger partial charge < -0.3 is 16.4 Å². The molecule has 2 aliphatic heterocycles. The highest BCUT2D eigenvalue weighted by Gasteiger charge is 2.24. The van der Waals surface area contributed by atoms with Gasteiger partial charge in [-0.3, -0.25) is 4.68 Å². The fourth-order valence-corrected chi connectivity index (χ4v) is 2.75. The Morgan fingerprint density at radius 1 is 1.19 bits per heavy atom. The molecule has 88 valence electrons. The maximum Gasteiger partial charge on any atom is 0.150 e. The highest BCUT2D eigenvalue weighted by molar-refractivity contribution is 5.44. The van der Waals surface area contributed by atoms with Gasteiger partial charge in [0.15, 0.2) is 0 Å². The molecule has 0 aromatic carbocycles. The van der Waals surface area contributed by atoms with E-state index in [4.69, 9.17) is 5.73 Å². The van der Waals surface area contributed by atoms with Crippen LogP contribution in [0.2, 0.25) is 0 Å². The second-order valence-electron chi connectivity index (χ2n) is 4.66. The van der Waals surface area contributed by atoms with Crippen LogP contribution in [0.1, 0.15) is 30.1 Å². The highest BCUT2D eigenvalue weighted by Crippen LogP contribution is 2.27. The van der Waals surface area contributed by atoms with Gasteiger partial charge in [0, 0.05) is 30.8 Å². The van der Waals surface area contributed by atoms with Gasteiger partial charge in [0.25, 0.3) is 0 Å². The number of anilines is 1. The molecule has 16 heavy (non-hydrogen) atoms. The van der Waals surface area contributed by atoms with Crippen molar-refractivity contribution in [1.82, 2.24) is 20.4 Å². The number of nitrogens with two attached hydrogens (primary N) is 1. The first kappa shape index (κ1) is 10.1. The minimum Gasteiger partial charge on any atom is -0.382 e. The van der Waals surface area contributed by atoms with Crippen LogP contribution >= 0.6 is 0 Å². The lowest BCUT2D eigenvalue weighted by Crippen LogP contribution is -2.32. The predicted molar refractivity (Wildman–Crippen MR) is 63.2 cm³/mol. The van der Waals surface area contributed by atoms with Crippen molar-refractivity contribution in [2.24, 2.45) is 0 Å². The normalized spacial score (nSPS) is 22.0. The Hall–Kier alpha value is -1.07. The highest BCUT2D eigenvalue weighted by atomic mass is 15.3. The molecule has 0 atom stereocenters. The maximum atomic E-state index is 5.98. The first-order chi connectivity index (χ1) is 7.86. The Morgan fingerprint density at radius 3 is 2.81 bits per heavy atom. The van der Waals surface area contributed by atoms with Gasteiger partial charge in [-0.05, 0) is 25.9 Å². The molecule has 0 radical (unpaired) electrons. The summed E-state index contributed by atoms with van der Waals surface area (Å²) in [6.07, 6.45) is 3.39. The number of piperidine rings is 1. The zero-order valence-corrected chi connectivity index (χ0v) is 9.50. The molecule has 5 heteroatoms. The van der Waals surface area contributed by atoms with Crippen molar-refractivity contribution in [3.8, 4) is 0 Å². The summed E-state index contributed by atoms with van der Waals surface area (Å²) >= 11 is 0. The number of nitrogens with one attached hydrogen (secondary N) is 2. The number of nitrogens with zero attached hydrogens (tertiary/aromatic N) is 2. The molecule has 0 unspecified atom stereocenters. The van der Waals surface area contributed by atoms with Crippen LogP contribution in [0, 0.1) is 0 Å². The molecule has 0 saturated carbocycles. The van der Waals surface area contributed by atoms with Gasteiger partial charge in [0.05, 0.1) is 6.04 Å². The summed E-state index contributed by atoms with van der Waals surface area (Å²) in [6.45, 7) is 4.12. The summed E-state index contributed by atoms with van der Waals surface area (Å²) in [7, 11) is 0. The van der Waals surface area contributed by atoms with Crippen LogP contribution < -0.4 is 16.4 Å². The molecule has 3 heterocycles. The number of hydrogen-bond acceptors (Lipinski definition) is 4. The summed E-state index contributed by atoms with van der Waals surface area (Å²) < 4.78 is 2.20. The quantitative estimate of drug-likeness (QED) is 0.626. The molecular weight excluding hydrogens is 202 g/mol. The molecule has 1 saturated heterocycles. The van der Waals surface area contributed by atoms with Crippen molar-refractivity contribution in [2.45, 2.75) is 31.8 Å².